The van der Waals surface area contributed by atoms with Crippen LogP contribution < -0.4 is 10.6 Å². The number of aromatic nitrogens is 2. The smallest absolute Gasteiger partial charge is 0.276 e. The molecule has 0 saturated carbocycles. The molecule has 0 bridgehead atoms. The molecule has 0 radical (unpaired) electrons. The summed E-state index contributed by atoms with van der Waals surface area (Å²) in [6.07, 6.45) is 3.57. The fourth-order valence-corrected chi connectivity index (χ4v) is 3.20. The molecule has 2 N–H and O–H groups in total. The first-order valence-corrected chi connectivity index (χ1v) is 8.98. The van der Waals surface area contributed by atoms with Crippen molar-refractivity contribution in [2.45, 2.75) is 6.04 Å². The van der Waals surface area contributed by atoms with E-state index in [2.05, 4.69) is 20.7 Å². The predicted molar refractivity (Wildman–Crippen MR) is 108 cm³/mol. The van der Waals surface area contributed by atoms with Crippen LogP contribution in [0.3, 0.4) is 0 Å². The van der Waals surface area contributed by atoms with Crippen LogP contribution in [0.2, 0.25) is 0 Å². The molecular formula is C21H21N5O2. The topological polar surface area (TPSA) is 80.5 Å². The SMILES string of the molecule is COC[C@H](NC1=N/C(=C\c2ccc3c(cnn3C)c2)C(=O)N1)c1ccccc1. The fraction of sp³-hybridized carbons (Fsp3) is 0.190. The minimum absolute atomic E-state index is 0.114. The number of hydrogen-bond acceptors (Lipinski definition) is 5. The van der Waals surface area contributed by atoms with E-state index in [9.17, 15) is 4.79 Å². The van der Waals surface area contributed by atoms with Gasteiger partial charge in [0.15, 0.2) is 0 Å². The zero-order valence-corrected chi connectivity index (χ0v) is 15.7. The van der Waals surface area contributed by atoms with Crippen molar-refractivity contribution < 1.29 is 9.53 Å². The molecule has 3 aromatic rings. The summed E-state index contributed by atoms with van der Waals surface area (Å²) >= 11 is 0. The molecule has 1 aromatic heterocycles. The van der Waals surface area contributed by atoms with Crippen LogP contribution in [-0.2, 0) is 16.6 Å². The van der Waals surface area contributed by atoms with Gasteiger partial charge in [0, 0.05) is 19.5 Å². The molecule has 0 saturated heterocycles. The molecule has 7 heteroatoms. The quantitative estimate of drug-likeness (QED) is 0.671. The van der Waals surface area contributed by atoms with Crippen LogP contribution in [0, 0.1) is 0 Å². The van der Waals surface area contributed by atoms with Crippen molar-refractivity contribution in [3.63, 3.8) is 0 Å². The summed E-state index contributed by atoms with van der Waals surface area (Å²) in [6.45, 7) is 0.454. The van der Waals surface area contributed by atoms with Crippen LogP contribution in [0.25, 0.3) is 17.0 Å². The van der Waals surface area contributed by atoms with Crippen molar-refractivity contribution in [2.75, 3.05) is 13.7 Å². The first-order valence-electron chi connectivity index (χ1n) is 8.98. The van der Waals surface area contributed by atoms with Gasteiger partial charge in [-0.15, -0.1) is 0 Å². The third kappa shape index (κ3) is 3.65. The van der Waals surface area contributed by atoms with E-state index in [1.807, 2.05) is 60.3 Å². The van der Waals surface area contributed by atoms with Crippen LogP contribution in [0.4, 0.5) is 0 Å². The van der Waals surface area contributed by atoms with Gasteiger partial charge in [-0.3, -0.25) is 14.8 Å². The Bertz CT molecular complexity index is 1070. The van der Waals surface area contributed by atoms with Crippen molar-refractivity contribution in [1.82, 2.24) is 20.4 Å². The third-order valence-electron chi connectivity index (χ3n) is 4.62. The van der Waals surface area contributed by atoms with E-state index in [1.54, 1.807) is 19.4 Å². The fourth-order valence-electron chi connectivity index (χ4n) is 3.20. The Morgan fingerprint density at radius 2 is 2.07 bits per heavy atom. The van der Waals surface area contributed by atoms with Crippen LogP contribution in [0.5, 0.6) is 0 Å². The number of benzene rings is 2. The highest BCUT2D eigenvalue weighted by Crippen LogP contribution is 2.19. The molecule has 0 spiro atoms. The van der Waals surface area contributed by atoms with Gasteiger partial charge in [0.1, 0.15) is 5.70 Å². The molecule has 0 fully saturated rings. The van der Waals surface area contributed by atoms with E-state index >= 15 is 0 Å². The average molecular weight is 375 g/mol. The van der Waals surface area contributed by atoms with Crippen LogP contribution in [0.1, 0.15) is 17.2 Å². The highest BCUT2D eigenvalue weighted by molar-refractivity contribution is 6.13. The zero-order valence-electron chi connectivity index (χ0n) is 15.7. The average Bonchev–Trinajstić information content (AvgIpc) is 3.24. The highest BCUT2D eigenvalue weighted by atomic mass is 16.5. The largest absolute Gasteiger partial charge is 0.382 e. The maximum absolute atomic E-state index is 12.4. The molecular weight excluding hydrogens is 354 g/mol. The number of carbonyl (C=O) groups is 1. The number of aryl methyl sites for hydroxylation is 1. The summed E-state index contributed by atoms with van der Waals surface area (Å²) in [6, 6.07) is 15.7. The number of nitrogens with one attached hydrogen (secondary N) is 2. The van der Waals surface area contributed by atoms with Crippen molar-refractivity contribution in [2.24, 2.45) is 12.0 Å². The van der Waals surface area contributed by atoms with Gasteiger partial charge in [0.2, 0.25) is 5.96 Å². The third-order valence-corrected chi connectivity index (χ3v) is 4.62. The van der Waals surface area contributed by atoms with Crippen LogP contribution in [-0.4, -0.2) is 35.4 Å². The van der Waals surface area contributed by atoms with Crippen molar-refractivity contribution in [1.29, 1.82) is 0 Å². The normalized spacial score (nSPS) is 16.3. The Morgan fingerprint density at radius 1 is 1.25 bits per heavy atom. The Hall–Kier alpha value is -3.45. The van der Waals surface area contributed by atoms with Crippen molar-refractivity contribution in [3.8, 4) is 0 Å². The van der Waals surface area contributed by atoms with Gasteiger partial charge in [0.25, 0.3) is 5.91 Å². The molecule has 2 heterocycles. The maximum atomic E-state index is 12.4. The van der Waals surface area contributed by atoms with Gasteiger partial charge in [-0.25, -0.2) is 4.99 Å². The Kier molecular flexibility index (Phi) is 4.90. The van der Waals surface area contributed by atoms with E-state index in [4.69, 9.17) is 4.74 Å². The van der Waals surface area contributed by atoms with E-state index < -0.39 is 0 Å². The second-order valence-electron chi connectivity index (χ2n) is 6.59. The number of amides is 1. The lowest BCUT2D eigenvalue weighted by molar-refractivity contribution is -0.115. The summed E-state index contributed by atoms with van der Waals surface area (Å²) in [5, 5.41) is 11.3. The first kappa shape index (κ1) is 17.9. The highest BCUT2D eigenvalue weighted by Gasteiger charge is 2.23. The predicted octanol–water partition coefficient (Wildman–Crippen LogP) is 2.38. The molecule has 0 aliphatic carbocycles. The van der Waals surface area contributed by atoms with E-state index in [0.29, 0.717) is 18.3 Å². The molecule has 1 atom stereocenters. The molecule has 2 aromatic carbocycles. The van der Waals surface area contributed by atoms with E-state index in [-0.39, 0.29) is 11.9 Å². The van der Waals surface area contributed by atoms with Crippen molar-refractivity contribution >= 4 is 28.8 Å². The van der Waals surface area contributed by atoms with Gasteiger partial charge in [-0.05, 0) is 29.3 Å². The number of rotatable bonds is 5. The standard InChI is InChI=1S/C21H21N5O2/c1-26-19-9-8-14(10-16(19)12-22-26)11-17-20(27)25-21(23-17)24-18(13-28-2)15-6-4-3-5-7-15/h3-12,18H,13H2,1-2H3,(H2,23,24,25,27)/b17-11-/t18-/m0/s1. The molecule has 0 unspecified atom stereocenters. The number of carbonyl (C=O) groups excluding carboxylic acids is 1. The number of nitrogens with zero attached hydrogens (tertiary/aromatic N) is 3. The summed E-state index contributed by atoms with van der Waals surface area (Å²) < 4.78 is 7.12. The Labute approximate surface area is 162 Å². The maximum Gasteiger partial charge on any atom is 0.276 e. The number of methoxy groups -OCH3 is 1. The number of guanidine groups is 1. The number of ether oxygens (including phenoxy) is 1. The number of fused-ring (bicyclic) bond motifs is 1. The lowest BCUT2D eigenvalue weighted by atomic mass is 10.1. The monoisotopic (exact) mass is 375 g/mol. The molecule has 1 aliphatic heterocycles. The number of aliphatic imine (C=N–C) groups is 1. The lowest BCUT2D eigenvalue weighted by Crippen LogP contribution is -2.39. The van der Waals surface area contributed by atoms with E-state index in [1.165, 1.54) is 0 Å². The first-order chi connectivity index (χ1) is 13.6. The van der Waals surface area contributed by atoms with E-state index in [0.717, 1.165) is 22.0 Å². The Balaban J connectivity index is 1.57. The zero-order chi connectivity index (χ0) is 19.5. The molecule has 142 valence electrons. The Morgan fingerprint density at radius 3 is 2.86 bits per heavy atom. The van der Waals surface area contributed by atoms with Gasteiger partial charge in [0.05, 0.1) is 24.4 Å². The van der Waals surface area contributed by atoms with Crippen molar-refractivity contribution in [3.05, 3.63) is 71.6 Å². The molecule has 7 nitrogen and oxygen atoms in total. The molecule has 28 heavy (non-hydrogen) atoms. The van der Waals surface area contributed by atoms with Crippen LogP contribution >= 0.6 is 0 Å². The molecule has 1 amide bonds. The minimum Gasteiger partial charge on any atom is -0.382 e. The molecule has 1 aliphatic rings. The molecule has 4 rings (SSSR count). The summed E-state index contributed by atoms with van der Waals surface area (Å²) in [5.74, 6) is 0.183. The minimum atomic E-state index is -0.238. The second-order valence-corrected chi connectivity index (χ2v) is 6.59. The summed E-state index contributed by atoms with van der Waals surface area (Å²) in [5.41, 5.74) is 3.34. The summed E-state index contributed by atoms with van der Waals surface area (Å²) in [4.78, 5) is 16.8. The van der Waals surface area contributed by atoms with Gasteiger partial charge < -0.3 is 10.1 Å². The summed E-state index contributed by atoms with van der Waals surface area (Å²) in [7, 11) is 3.54. The van der Waals surface area contributed by atoms with Gasteiger partial charge in [-0.2, -0.15) is 5.10 Å². The second kappa shape index (κ2) is 7.66. The lowest BCUT2D eigenvalue weighted by Gasteiger charge is -2.18. The van der Waals surface area contributed by atoms with Gasteiger partial charge >= 0.3 is 0 Å². The van der Waals surface area contributed by atoms with Crippen LogP contribution in [0.15, 0.2) is 65.4 Å². The number of hydrogen-bond donors (Lipinski definition) is 2. The van der Waals surface area contributed by atoms with Gasteiger partial charge in [-0.1, -0.05) is 36.4 Å².